The monoisotopic (exact) mass is 397 g/mol. The fourth-order valence-electron chi connectivity index (χ4n) is 3.95. The van der Waals surface area contributed by atoms with E-state index >= 15 is 0 Å². The van der Waals surface area contributed by atoms with Crippen molar-refractivity contribution in [3.8, 4) is 0 Å². The Morgan fingerprint density at radius 1 is 1.04 bits per heavy atom. The van der Waals surface area contributed by atoms with E-state index in [4.69, 9.17) is 0 Å². The molecule has 0 spiro atoms. The van der Waals surface area contributed by atoms with Gasteiger partial charge in [-0.1, -0.05) is 68.0 Å². The van der Waals surface area contributed by atoms with Crippen LogP contribution in [0.1, 0.15) is 49.8 Å². The molecule has 4 heteroatoms. The first-order valence-corrected chi connectivity index (χ1v) is 11.5. The maximum atomic E-state index is 13.4. The first kappa shape index (κ1) is 20.8. The van der Waals surface area contributed by atoms with Crippen molar-refractivity contribution < 1.29 is 8.42 Å². The fraction of sp³-hybridized carbons (Fsp3) is 0.417. The lowest BCUT2D eigenvalue weighted by molar-refractivity contribution is 0.282. The lowest BCUT2D eigenvalue weighted by Gasteiger charge is -2.30. The molecule has 1 unspecified atom stereocenters. The molecule has 1 aliphatic heterocycles. The summed E-state index contributed by atoms with van der Waals surface area (Å²) in [7, 11) is -3.53. The van der Waals surface area contributed by atoms with Crippen LogP contribution in [0.5, 0.6) is 0 Å². The van der Waals surface area contributed by atoms with Crippen molar-refractivity contribution in [2.24, 2.45) is 5.41 Å². The van der Waals surface area contributed by atoms with E-state index < -0.39 is 10.0 Å². The van der Waals surface area contributed by atoms with Crippen molar-refractivity contribution in [2.45, 2.75) is 57.9 Å². The van der Waals surface area contributed by atoms with E-state index in [2.05, 4.69) is 45.1 Å². The van der Waals surface area contributed by atoms with Crippen molar-refractivity contribution in [1.82, 2.24) is 4.31 Å². The quantitative estimate of drug-likeness (QED) is 0.675. The number of rotatable bonds is 4. The molecule has 0 saturated carbocycles. The van der Waals surface area contributed by atoms with Crippen LogP contribution in [0.2, 0.25) is 0 Å². The van der Waals surface area contributed by atoms with E-state index in [1.54, 1.807) is 16.4 Å². The molecule has 0 radical (unpaired) electrons. The van der Waals surface area contributed by atoms with Gasteiger partial charge in [-0.25, -0.2) is 8.42 Å². The molecule has 1 atom stereocenters. The highest BCUT2D eigenvalue weighted by Crippen LogP contribution is 2.36. The van der Waals surface area contributed by atoms with Gasteiger partial charge in [-0.3, -0.25) is 0 Å². The van der Waals surface area contributed by atoms with E-state index in [0.717, 1.165) is 30.4 Å². The molecule has 1 saturated heterocycles. The molecule has 3 nitrogen and oxygen atoms in total. The van der Waals surface area contributed by atoms with Crippen molar-refractivity contribution in [1.29, 1.82) is 0 Å². The van der Waals surface area contributed by atoms with Crippen LogP contribution >= 0.6 is 0 Å². The van der Waals surface area contributed by atoms with E-state index in [0.29, 0.717) is 11.4 Å². The van der Waals surface area contributed by atoms with Crippen molar-refractivity contribution in [3.05, 3.63) is 71.3 Å². The molecule has 1 aliphatic rings. The maximum Gasteiger partial charge on any atom is 0.243 e. The minimum atomic E-state index is -3.53. The molecule has 2 aromatic rings. The van der Waals surface area contributed by atoms with E-state index in [9.17, 15) is 8.42 Å². The summed E-state index contributed by atoms with van der Waals surface area (Å²) in [4.78, 5) is 0.382. The summed E-state index contributed by atoms with van der Waals surface area (Å²) >= 11 is 0. The SMILES string of the molecule is Cc1ccc(S(=O)(=O)N2CCCC(C)(C)CC2/C=C/c2ccccc2C)cc1. The Morgan fingerprint density at radius 3 is 2.39 bits per heavy atom. The average Bonchev–Trinajstić information content (AvgIpc) is 2.79. The zero-order chi connectivity index (χ0) is 20.4. The Hall–Kier alpha value is -1.91. The van der Waals surface area contributed by atoms with Crippen LogP contribution in [0.15, 0.2) is 59.5 Å². The van der Waals surface area contributed by atoms with Crippen molar-refractivity contribution in [2.75, 3.05) is 6.54 Å². The summed E-state index contributed by atoms with van der Waals surface area (Å²) < 4.78 is 28.6. The zero-order valence-electron chi connectivity index (χ0n) is 17.4. The number of sulfonamides is 1. The van der Waals surface area contributed by atoms with E-state index in [1.807, 2.05) is 31.2 Å². The fourth-order valence-corrected chi connectivity index (χ4v) is 5.57. The summed E-state index contributed by atoms with van der Waals surface area (Å²) in [5.41, 5.74) is 3.50. The largest absolute Gasteiger partial charge is 0.243 e. The van der Waals surface area contributed by atoms with Crippen LogP contribution in [-0.2, 0) is 10.0 Å². The molecule has 2 aromatic carbocycles. The number of nitrogens with zero attached hydrogens (tertiary/aromatic N) is 1. The van der Waals surface area contributed by atoms with Gasteiger partial charge in [0, 0.05) is 12.6 Å². The highest BCUT2D eigenvalue weighted by Gasteiger charge is 2.36. The molecule has 0 aromatic heterocycles. The smallest absolute Gasteiger partial charge is 0.207 e. The van der Waals surface area contributed by atoms with Crippen LogP contribution in [0.4, 0.5) is 0 Å². The molecular weight excluding hydrogens is 366 g/mol. The minimum Gasteiger partial charge on any atom is -0.207 e. The third-order valence-electron chi connectivity index (χ3n) is 5.68. The van der Waals surface area contributed by atoms with Gasteiger partial charge < -0.3 is 0 Å². The Kier molecular flexibility index (Phi) is 6.11. The summed E-state index contributed by atoms with van der Waals surface area (Å²) in [6.45, 7) is 9.09. The van der Waals surface area contributed by atoms with Gasteiger partial charge in [-0.05, 0) is 61.8 Å². The first-order chi connectivity index (χ1) is 13.2. The first-order valence-electron chi connectivity index (χ1n) is 10.0. The summed E-state index contributed by atoms with van der Waals surface area (Å²) in [6.07, 6.45) is 6.90. The molecule has 3 rings (SSSR count). The number of hydrogen-bond donors (Lipinski definition) is 0. The number of benzene rings is 2. The van der Waals surface area contributed by atoms with Crippen LogP contribution in [-0.4, -0.2) is 25.3 Å². The summed E-state index contributed by atoms with van der Waals surface area (Å²) in [6, 6.07) is 15.2. The maximum absolute atomic E-state index is 13.4. The molecule has 28 heavy (non-hydrogen) atoms. The van der Waals surface area contributed by atoms with Gasteiger partial charge in [0.05, 0.1) is 4.90 Å². The number of hydrogen-bond acceptors (Lipinski definition) is 2. The molecule has 0 amide bonds. The molecule has 0 N–H and O–H groups in total. The molecule has 0 aliphatic carbocycles. The Morgan fingerprint density at radius 2 is 1.71 bits per heavy atom. The lowest BCUT2D eigenvalue weighted by Crippen LogP contribution is -2.39. The Balaban J connectivity index is 1.98. The molecule has 150 valence electrons. The standard InChI is InChI=1S/C24H31NO2S/c1-19-10-14-23(15-11-19)28(26,27)25-17-7-16-24(3,4)18-22(25)13-12-21-9-6-5-8-20(21)2/h5-6,8-15,22H,7,16-18H2,1-4H3/b13-12+. The van der Waals surface area contributed by atoms with Crippen molar-refractivity contribution >= 4 is 16.1 Å². The van der Waals surface area contributed by atoms with Crippen molar-refractivity contribution in [3.63, 3.8) is 0 Å². The summed E-state index contributed by atoms with van der Waals surface area (Å²) in [5.74, 6) is 0. The van der Waals surface area contributed by atoms with Crippen LogP contribution < -0.4 is 0 Å². The van der Waals surface area contributed by atoms with Gasteiger partial charge in [-0.2, -0.15) is 4.31 Å². The van der Waals surface area contributed by atoms with Gasteiger partial charge in [0.25, 0.3) is 0 Å². The lowest BCUT2D eigenvalue weighted by atomic mass is 9.82. The van der Waals surface area contributed by atoms with Crippen LogP contribution in [0, 0.1) is 19.3 Å². The topological polar surface area (TPSA) is 37.4 Å². The highest BCUT2D eigenvalue weighted by molar-refractivity contribution is 7.89. The van der Waals surface area contributed by atoms with Gasteiger partial charge in [0.2, 0.25) is 10.0 Å². The second kappa shape index (κ2) is 8.22. The van der Waals surface area contributed by atoms with Crippen LogP contribution in [0.25, 0.3) is 6.08 Å². The Labute approximate surface area is 170 Å². The highest BCUT2D eigenvalue weighted by atomic mass is 32.2. The zero-order valence-corrected chi connectivity index (χ0v) is 18.2. The van der Waals surface area contributed by atoms with E-state index in [1.165, 1.54) is 5.56 Å². The second-order valence-corrected chi connectivity index (χ2v) is 10.6. The second-order valence-electron chi connectivity index (χ2n) is 8.68. The van der Waals surface area contributed by atoms with E-state index in [-0.39, 0.29) is 11.5 Å². The molecular formula is C24H31NO2S. The van der Waals surface area contributed by atoms with Gasteiger partial charge in [-0.15, -0.1) is 0 Å². The van der Waals surface area contributed by atoms with Gasteiger partial charge >= 0.3 is 0 Å². The normalized spacial score (nSPS) is 20.9. The summed E-state index contributed by atoms with van der Waals surface area (Å²) in [5, 5.41) is 0. The van der Waals surface area contributed by atoms with Gasteiger partial charge in [0.15, 0.2) is 0 Å². The third kappa shape index (κ3) is 4.73. The van der Waals surface area contributed by atoms with Crippen LogP contribution in [0.3, 0.4) is 0 Å². The minimum absolute atomic E-state index is 0.109. The molecule has 1 fully saturated rings. The predicted molar refractivity (Wildman–Crippen MR) is 117 cm³/mol. The average molecular weight is 398 g/mol. The third-order valence-corrected chi connectivity index (χ3v) is 7.62. The molecule has 1 heterocycles. The Bertz CT molecular complexity index is 943. The predicted octanol–water partition coefficient (Wildman–Crippen LogP) is 5.59. The molecule has 0 bridgehead atoms. The number of aryl methyl sites for hydroxylation is 2. The van der Waals surface area contributed by atoms with Gasteiger partial charge in [0.1, 0.15) is 0 Å².